The molecule has 0 aliphatic carbocycles. The van der Waals surface area contributed by atoms with Crippen LogP contribution in [0, 0.1) is 0 Å². The molecule has 4 heteroatoms. The Morgan fingerprint density at radius 1 is 1.58 bits per heavy atom. The zero-order valence-electron chi connectivity index (χ0n) is 11.6. The van der Waals surface area contributed by atoms with Crippen molar-refractivity contribution < 1.29 is 4.79 Å². The van der Waals surface area contributed by atoms with Crippen LogP contribution >= 0.6 is 0 Å². The maximum absolute atomic E-state index is 12.5. The molecular weight excluding hydrogens is 238 g/mol. The van der Waals surface area contributed by atoms with Crippen molar-refractivity contribution in [2.24, 2.45) is 0 Å². The molecule has 19 heavy (non-hydrogen) atoms. The number of nitrogens with one attached hydrogen (secondary N) is 1. The van der Waals surface area contributed by atoms with Crippen LogP contribution in [-0.2, 0) is 0 Å². The smallest absolute Gasteiger partial charge is 0.254 e. The highest BCUT2D eigenvalue weighted by molar-refractivity contribution is 5.95. The molecule has 4 nitrogen and oxygen atoms in total. The lowest BCUT2D eigenvalue weighted by atomic mass is 10.1. The average Bonchev–Trinajstić information content (AvgIpc) is 2.92. The molecule has 2 rings (SSSR count). The lowest BCUT2D eigenvalue weighted by Crippen LogP contribution is -2.36. The second-order valence-electron chi connectivity index (χ2n) is 4.77. The Kier molecular flexibility index (Phi) is 4.55. The molecular formula is C15H21N3O. The van der Waals surface area contributed by atoms with Crippen molar-refractivity contribution in [1.29, 1.82) is 0 Å². The van der Waals surface area contributed by atoms with Gasteiger partial charge in [0.25, 0.3) is 5.91 Å². The molecule has 0 fully saturated rings. The van der Waals surface area contributed by atoms with E-state index in [1.807, 2.05) is 4.90 Å². The second kappa shape index (κ2) is 6.36. The van der Waals surface area contributed by atoms with E-state index in [1.165, 1.54) is 0 Å². The molecule has 102 valence electrons. The first-order chi connectivity index (χ1) is 9.26. The van der Waals surface area contributed by atoms with Crippen LogP contribution in [0.2, 0.25) is 0 Å². The van der Waals surface area contributed by atoms with E-state index >= 15 is 0 Å². The molecule has 1 aliphatic heterocycles. The number of hydrogen-bond acceptors (Lipinski definition) is 3. The topological polar surface area (TPSA) is 45.2 Å². The summed E-state index contributed by atoms with van der Waals surface area (Å²) in [6.07, 6.45) is 9.25. The average molecular weight is 259 g/mol. The van der Waals surface area contributed by atoms with E-state index in [0.717, 1.165) is 25.1 Å². The Morgan fingerprint density at radius 2 is 2.42 bits per heavy atom. The predicted octanol–water partition coefficient (Wildman–Crippen LogP) is 2.69. The lowest BCUT2D eigenvalue weighted by molar-refractivity contribution is 0.0743. The SMILES string of the molecule is CCCCC1C=CCN1C(=O)c1ccnc(NC)c1. The largest absolute Gasteiger partial charge is 0.373 e. The molecule has 1 aromatic rings. The van der Waals surface area contributed by atoms with E-state index < -0.39 is 0 Å². The van der Waals surface area contributed by atoms with Crippen molar-refractivity contribution in [1.82, 2.24) is 9.88 Å². The van der Waals surface area contributed by atoms with E-state index in [4.69, 9.17) is 0 Å². The molecule has 1 unspecified atom stereocenters. The molecule has 2 heterocycles. The zero-order chi connectivity index (χ0) is 13.7. The van der Waals surface area contributed by atoms with Gasteiger partial charge in [0.1, 0.15) is 5.82 Å². The molecule has 1 aliphatic rings. The van der Waals surface area contributed by atoms with Crippen LogP contribution < -0.4 is 5.32 Å². The third-order valence-electron chi connectivity index (χ3n) is 3.44. The quantitative estimate of drug-likeness (QED) is 0.827. The summed E-state index contributed by atoms with van der Waals surface area (Å²) >= 11 is 0. The lowest BCUT2D eigenvalue weighted by Gasteiger charge is -2.24. The van der Waals surface area contributed by atoms with Gasteiger partial charge in [-0.15, -0.1) is 0 Å². The second-order valence-corrected chi connectivity index (χ2v) is 4.77. The molecule has 1 N–H and O–H groups in total. The molecule has 0 saturated carbocycles. The van der Waals surface area contributed by atoms with E-state index in [1.54, 1.807) is 25.4 Å². The summed E-state index contributed by atoms with van der Waals surface area (Å²) in [6.45, 7) is 2.89. The van der Waals surface area contributed by atoms with Crippen molar-refractivity contribution in [3.63, 3.8) is 0 Å². The van der Waals surface area contributed by atoms with Crippen LogP contribution in [0.15, 0.2) is 30.5 Å². The number of nitrogens with zero attached hydrogens (tertiary/aromatic N) is 2. The number of pyridine rings is 1. The maximum Gasteiger partial charge on any atom is 0.254 e. The minimum absolute atomic E-state index is 0.0880. The zero-order valence-corrected chi connectivity index (χ0v) is 11.6. The van der Waals surface area contributed by atoms with Gasteiger partial charge in [-0.2, -0.15) is 0 Å². The summed E-state index contributed by atoms with van der Waals surface area (Å²) < 4.78 is 0. The minimum atomic E-state index is 0.0880. The van der Waals surface area contributed by atoms with Crippen LogP contribution in [0.4, 0.5) is 5.82 Å². The van der Waals surface area contributed by atoms with Gasteiger partial charge in [0.05, 0.1) is 6.04 Å². The Morgan fingerprint density at radius 3 is 3.16 bits per heavy atom. The van der Waals surface area contributed by atoms with Crippen molar-refractivity contribution in [2.45, 2.75) is 32.2 Å². The van der Waals surface area contributed by atoms with Gasteiger partial charge in [0.2, 0.25) is 0 Å². The standard InChI is InChI=1S/C15H21N3O/c1-3-4-6-13-7-5-10-18(13)15(19)12-8-9-17-14(11-12)16-2/h5,7-9,11,13H,3-4,6,10H2,1-2H3,(H,16,17). The van der Waals surface area contributed by atoms with Gasteiger partial charge in [0, 0.05) is 25.4 Å². The van der Waals surface area contributed by atoms with Crippen LogP contribution in [-0.4, -0.2) is 35.4 Å². The van der Waals surface area contributed by atoms with Crippen LogP contribution in [0.5, 0.6) is 0 Å². The number of amides is 1. The normalized spacial score (nSPS) is 17.8. The first kappa shape index (κ1) is 13.6. The molecule has 0 saturated heterocycles. The van der Waals surface area contributed by atoms with E-state index in [2.05, 4.69) is 29.4 Å². The highest BCUT2D eigenvalue weighted by Gasteiger charge is 2.25. The first-order valence-corrected chi connectivity index (χ1v) is 6.87. The third kappa shape index (κ3) is 3.13. The van der Waals surface area contributed by atoms with Crippen LogP contribution in [0.3, 0.4) is 0 Å². The van der Waals surface area contributed by atoms with Crippen LogP contribution in [0.25, 0.3) is 0 Å². The maximum atomic E-state index is 12.5. The number of carbonyl (C=O) groups is 1. The fourth-order valence-electron chi connectivity index (χ4n) is 2.34. The van der Waals surface area contributed by atoms with E-state index in [9.17, 15) is 4.79 Å². The van der Waals surface area contributed by atoms with Crippen molar-refractivity contribution in [3.05, 3.63) is 36.0 Å². The predicted molar refractivity (Wildman–Crippen MR) is 77.3 cm³/mol. The number of rotatable bonds is 5. The van der Waals surface area contributed by atoms with Gasteiger partial charge < -0.3 is 10.2 Å². The summed E-state index contributed by atoms with van der Waals surface area (Å²) in [6, 6.07) is 3.83. The summed E-state index contributed by atoms with van der Waals surface area (Å²) in [5.74, 6) is 0.813. The number of carbonyl (C=O) groups excluding carboxylic acids is 1. The fraction of sp³-hybridized carbons (Fsp3) is 0.467. The Balaban J connectivity index is 2.10. The summed E-state index contributed by atoms with van der Waals surface area (Å²) in [4.78, 5) is 18.6. The van der Waals surface area contributed by atoms with Gasteiger partial charge in [-0.1, -0.05) is 31.9 Å². The molecule has 1 aromatic heterocycles. The number of hydrogen-bond donors (Lipinski definition) is 1. The number of aromatic nitrogens is 1. The summed E-state index contributed by atoms with van der Waals surface area (Å²) in [5, 5.41) is 2.96. The molecule has 0 aromatic carbocycles. The van der Waals surface area contributed by atoms with Gasteiger partial charge in [-0.3, -0.25) is 4.79 Å². The fourth-order valence-corrected chi connectivity index (χ4v) is 2.34. The Hall–Kier alpha value is -1.84. The molecule has 0 spiro atoms. The molecule has 1 atom stereocenters. The number of anilines is 1. The van der Waals surface area contributed by atoms with Gasteiger partial charge in [0.15, 0.2) is 0 Å². The van der Waals surface area contributed by atoms with Crippen LogP contribution in [0.1, 0.15) is 36.5 Å². The number of unbranched alkanes of at least 4 members (excludes halogenated alkanes) is 1. The Labute approximate surface area is 114 Å². The van der Waals surface area contributed by atoms with E-state index in [0.29, 0.717) is 12.1 Å². The highest BCUT2D eigenvalue weighted by Crippen LogP contribution is 2.19. The van der Waals surface area contributed by atoms with Crippen molar-refractivity contribution >= 4 is 11.7 Å². The third-order valence-corrected chi connectivity index (χ3v) is 3.44. The summed E-state index contributed by atoms with van der Waals surface area (Å²) in [7, 11) is 1.80. The van der Waals surface area contributed by atoms with Crippen molar-refractivity contribution in [3.8, 4) is 0 Å². The minimum Gasteiger partial charge on any atom is -0.373 e. The highest BCUT2D eigenvalue weighted by atomic mass is 16.2. The molecule has 0 radical (unpaired) electrons. The van der Waals surface area contributed by atoms with Gasteiger partial charge in [-0.25, -0.2) is 4.98 Å². The molecule has 1 amide bonds. The summed E-state index contributed by atoms with van der Waals surface area (Å²) in [5.41, 5.74) is 0.699. The Bertz CT molecular complexity index is 470. The first-order valence-electron chi connectivity index (χ1n) is 6.87. The molecule has 0 bridgehead atoms. The monoisotopic (exact) mass is 259 g/mol. The van der Waals surface area contributed by atoms with Crippen molar-refractivity contribution in [2.75, 3.05) is 18.9 Å². The van der Waals surface area contributed by atoms with Gasteiger partial charge >= 0.3 is 0 Å². The van der Waals surface area contributed by atoms with E-state index in [-0.39, 0.29) is 11.9 Å². The van der Waals surface area contributed by atoms with Gasteiger partial charge in [-0.05, 0) is 18.6 Å².